The molecular formula is C16H15Cl2NO2. The maximum absolute atomic E-state index is 12.3. The average molecular weight is 324 g/mol. The summed E-state index contributed by atoms with van der Waals surface area (Å²) < 4.78 is 5.48. The molecule has 0 amide bonds. The van der Waals surface area contributed by atoms with E-state index < -0.39 is 12.1 Å². The fourth-order valence-electron chi connectivity index (χ4n) is 2.56. The van der Waals surface area contributed by atoms with Gasteiger partial charge in [0.05, 0.1) is 5.92 Å². The molecule has 0 saturated heterocycles. The number of halogens is 2. The molecule has 1 aliphatic rings. The number of hydrogen-bond acceptors (Lipinski definition) is 3. The molecule has 2 rings (SSSR count). The van der Waals surface area contributed by atoms with Crippen LogP contribution in [-0.4, -0.2) is 5.97 Å². The molecule has 1 fully saturated rings. The summed E-state index contributed by atoms with van der Waals surface area (Å²) in [4.78, 5) is 12.3. The Morgan fingerprint density at radius 1 is 1.38 bits per heavy atom. The molecule has 110 valence electrons. The van der Waals surface area contributed by atoms with Gasteiger partial charge in [-0.15, -0.1) is 0 Å². The first-order chi connectivity index (χ1) is 9.87. The molecule has 5 heteroatoms. The van der Waals surface area contributed by atoms with Gasteiger partial charge in [-0.05, 0) is 17.4 Å². The number of allylic oxidation sites excluding steroid dienone is 1. The molecule has 3 atom stereocenters. The van der Waals surface area contributed by atoms with Crippen molar-refractivity contribution in [2.45, 2.75) is 20.0 Å². The molecule has 0 aromatic heterocycles. The Bertz CT molecular complexity index is 600. The van der Waals surface area contributed by atoms with Gasteiger partial charge in [0.15, 0.2) is 0 Å². The van der Waals surface area contributed by atoms with E-state index in [1.54, 1.807) is 30.3 Å². The van der Waals surface area contributed by atoms with Crippen molar-refractivity contribution >= 4 is 29.2 Å². The van der Waals surface area contributed by atoms with Crippen molar-refractivity contribution in [3.05, 3.63) is 46.5 Å². The minimum Gasteiger partial charge on any atom is -0.442 e. The molecule has 0 spiro atoms. The Hall–Kier alpha value is -1.50. The van der Waals surface area contributed by atoms with Crippen LogP contribution in [0.25, 0.3) is 0 Å². The van der Waals surface area contributed by atoms with E-state index >= 15 is 0 Å². The van der Waals surface area contributed by atoms with Crippen LogP contribution in [0.3, 0.4) is 0 Å². The molecule has 0 aliphatic heterocycles. The normalized spacial score (nSPS) is 23.6. The second-order valence-corrected chi connectivity index (χ2v) is 6.65. The third-order valence-electron chi connectivity index (χ3n) is 3.92. The molecule has 0 radical (unpaired) electrons. The lowest BCUT2D eigenvalue weighted by Gasteiger charge is -2.11. The maximum atomic E-state index is 12.3. The molecule has 1 saturated carbocycles. The summed E-state index contributed by atoms with van der Waals surface area (Å²) in [5, 5.41) is 9.19. The van der Waals surface area contributed by atoms with Crippen LogP contribution in [0.15, 0.2) is 40.9 Å². The van der Waals surface area contributed by atoms with Crippen molar-refractivity contribution in [1.29, 1.82) is 5.26 Å². The summed E-state index contributed by atoms with van der Waals surface area (Å²) in [6.07, 6.45) is 0.755. The first-order valence-electron chi connectivity index (χ1n) is 6.55. The van der Waals surface area contributed by atoms with Gasteiger partial charge in [-0.1, -0.05) is 67.4 Å². The van der Waals surface area contributed by atoms with Gasteiger partial charge in [0, 0.05) is 5.56 Å². The highest BCUT2D eigenvalue weighted by molar-refractivity contribution is 6.55. The van der Waals surface area contributed by atoms with Crippen molar-refractivity contribution < 1.29 is 9.53 Å². The molecule has 0 N–H and O–H groups in total. The Morgan fingerprint density at radius 2 is 2.00 bits per heavy atom. The topological polar surface area (TPSA) is 50.1 Å². The number of nitrogens with zero attached hydrogens (tertiary/aromatic N) is 1. The highest BCUT2D eigenvalue weighted by Crippen LogP contribution is 2.60. The molecule has 1 aliphatic carbocycles. The number of hydrogen-bond donors (Lipinski definition) is 0. The second-order valence-electron chi connectivity index (χ2n) is 5.64. The highest BCUT2D eigenvalue weighted by Gasteiger charge is 2.62. The lowest BCUT2D eigenvalue weighted by Crippen LogP contribution is -2.14. The van der Waals surface area contributed by atoms with Gasteiger partial charge in [0.25, 0.3) is 0 Å². The Morgan fingerprint density at radius 3 is 2.52 bits per heavy atom. The summed E-state index contributed by atoms with van der Waals surface area (Å²) in [6, 6.07) is 11.0. The van der Waals surface area contributed by atoms with Crippen molar-refractivity contribution in [2.75, 3.05) is 0 Å². The van der Waals surface area contributed by atoms with E-state index in [1.165, 1.54) is 0 Å². The van der Waals surface area contributed by atoms with Crippen LogP contribution in [0.1, 0.15) is 25.5 Å². The zero-order valence-electron chi connectivity index (χ0n) is 11.7. The fourth-order valence-corrected chi connectivity index (χ4v) is 2.83. The van der Waals surface area contributed by atoms with Crippen molar-refractivity contribution in [3.8, 4) is 6.07 Å². The fraction of sp³-hybridized carbons (Fsp3) is 0.375. The smallest absolute Gasteiger partial charge is 0.311 e. The zero-order valence-corrected chi connectivity index (χ0v) is 13.2. The highest BCUT2D eigenvalue weighted by atomic mass is 35.5. The summed E-state index contributed by atoms with van der Waals surface area (Å²) in [7, 11) is 0. The van der Waals surface area contributed by atoms with Crippen LogP contribution >= 0.6 is 23.2 Å². The summed E-state index contributed by atoms with van der Waals surface area (Å²) in [6.45, 7) is 3.89. The van der Waals surface area contributed by atoms with E-state index in [0.717, 1.165) is 0 Å². The van der Waals surface area contributed by atoms with Crippen molar-refractivity contribution in [1.82, 2.24) is 0 Å². The molecule has 3 unspecified atom stereocenters. The zero-order chi connectivity index (χ0) is 15.6. The van der Waals surface area contributed by atoms with Gasteiger partial charge in [-0.3, -0.25) is 4.79 Å². The standard InChI is InChI=1S/C16H15Cl2NO2/c1-16(2)11(8-13(17)18)14(16)15(20)21-12(9-19)10-6-4-3-5-7-10/h3-8,11-12,14H,1-2H3. The number of benzene rings is 1. The Balaban J connectivity index is 2.09. The third-order valence-corrected chi connectivity index (χ3v) is 4.18. The number of ether oxygens (including phenoxy) is 1. The third kappa shape index (κ3) is 3.40. The molecule has 1 aromatic rings. The van der Waals surface area contributed by atoms with E-state index in [0.29, 0.717) is 5.56 Å². The van der Waals surface area contributed by atoms with Crippen LogP contribution in [-0.2, 0) is 9.53 Å². The molecule has 3 nitrogen and oxygen atoms in total. The first kappa shape index (κ1) is 15.9. The number of rotatable bonds is 4. The van der Waals surface area contributed by atoms with Gasteiger partial charge in [-0.25, -0.2) is 0 Å². The van der Waals surface area contributed by atoms with Crippen LogP contribution in [0.2, 0.25) is 0 Å². The summed E-state index contributed by atoms with van der Waals surface area (Å²) >= 11 is 11.3. The monoisotopic (exact) mass is 323 g/mol. The SMILES string of the molecule is CC1(C)C(C=C(Cl)Cl)C1C(=O)OC(C#N)c1ccccc1. The van der Waals surface area contributed by atoms with E-state index in [1.807, 2.05) is 26.0 Å². The van der Waals surface area contributed by atoms with Crippen molar-refractivity contribution in [2.24, 2.45) is 17.3 Å². The van der Waals surface area contributed by atoms with Crippen molar-refractivity contribution in [3.63, 3.8) is 0 Å². The van der Waals surface area contributed by atoms with Gasteiger partial charge in [0.1, 0.15) is 10.6 Å². The van der Waals surface area contributed by atoms with Crippen LogP contribution in [0.4, 0.5) is 0 Å². The van der Waals surface area contributed by atoms with E-state index in [4.69, 9.17) is 27.9 Å². The quantitative estimate of drug-likeness (QED) is 0.772. The Kier molecular flexibility index (Phi) is 4.61. The van der Waals surface area contributed by atoms with Crippen LogP contribution in [0.5, 0.6) is 0 Å². The van der Waals surface area contributed by atoms with Gasteiger partial charge in [0.2, 0.25) is 6.10 Å². The van der Waals surface area contributed by atoms with Crippen LogP contribution in [0, 0.1) is 28.6 Å². The number of carbonyl (C=O) groups is 1. The number of nitriles is 1. The minimum absolute atomic E-state index is 0.0647. The lowest BCUT2D eigenvalue weighted by atomic mass is 10.1. The molecule has 0 heterocycles. The minimum atomic E-state index is -0.897. The first-order valence-corrected chi connectivity index (χ1v) is 7.31. The van der Waals surface area contributed by atoms with E-state index in [-0.39, 0.29) is 21.7 Å². The van der Waals surface area contributed by atoms with E-state index in [2.05, 4.69) is 0 Å². The van der Waals surface area contributed by atoms with Gasteiger partial charge < -0.3 is 4.74 Å². The average Bonchev–Trinajstić information content (AvgIpc) is 2.97. The predicted octanol–water partition coefficient (Wildman–Crippen LogP) is 4.39. The number of esters is 1. The van der Waals surface area contributed by atoms with Gasteiger partial charge in [-0.2, -0.15) is 5.26 Å². The molecule has 21 heavy (non-hydrogen) atoms. The van der Waals surface area contributed by atoms with Gasteiger partial charge >= 0.3 is 5.97 Å². The Labute approximate surface area is 134 Å². The molecule has 1 aromatic carbocycles. The second kappa shape index (κ2) is 6.09. The number of carbonyl (C=O) groups excluding carboxylic acids is 1. The predicted molar refractivity (Wildman–Crippen MR) is 81.4 cm³/mol. The lowest BCUT2D eigenvalue weighted by molar-refractivity contribution is -0.149. The molecule has 0 bridgehead atoms. The van der Waals surface area contributed by atoms with Crippen LogP contribution < -0.4 is 0 Å². The maximum Gasteiger partial charge on any atom is 0.311 e. The largest absolute Gasteiger partial charge is 0.442 e. The molecular weight excluding hydrogens is 309 g/mol. The summed E-state index contributed by atoms with van der Waals surface area (Å²) in [5.74, 6) is -0.791. The van der Waals surface area contributed by atoms with E-state index in [9.17, 15) is 10.1 Å². The summed E-state index contributed by atoms with van der Waals surface area (Å²) in [5.41, 5.74) is 0.400.